The van der Waals surface area contributed by atoms with Crippen molar-refractivity contribution in [1.29, 1.82) is 0 Å². The van der Waals surface area contributed by atoms with Crippen molar-refractivity contribution in [3.05, 3.63) is 187 Å². The van der Waals surface area contributed by atoms with Gasteiger partial charge in [0.1, 0.15) is 11.2 Å². The van der Waals surface area contributed by atoms with E-state index in [0.29, 0.717) is 5.92 Å². The summed E-state index contributed by atoms with van der Waals surface area (Å²) in [6, 6.07) is 59.4. The van der Waals surface area contributed by atoms with Crippen molar-refractivity contribution < 1.29 is 4.42 Å². The normalized spacial score (nSPS) is 12.0. The van der Waals surface area contributed by atoms with Crippen LogP contribution in [0.15, 0.2) is 190 Å². The number of benzene rings is 7. The summed E-state index contributed by atoms with van der Waals surface area (Å²) in [6.45, 7) is 6.74. The zero-order valence-electron chi connectivity index (χ0n) is 31.3. The summed E-state index contributed by atoms with van der Waals surface area (Å²) in [7, 11) is 0. The van der Waals surface area contributed by atoms with Crippen molar-refractivity contribution in [3.63, 3.8) is 0 Å². The third-order valence-electron chi connectivity index (χ3n) is 10.8. The zero-order valence-corrected chi connectivity index (χ0v) is 32.1. The van der Waals surface area contributed by atoms with Crippen LogP contribution in [0.2, 0.25) is 0 Å². The number of nitrogens with zero attached hydrogens (tertiary/aromatic N) is 1. The molecule has 0 amide bonds. The number of pyridine rings is 1. The minimum absolute atomic E-state index is 0.471. The number of aryl methyl sites for hydroxylation is 1. The fraction of sp³-hybridized carbons (Fsp3) is 0.0962. The minimum atomic E-state index is 0.471. The topological polar surface area (TPSA) is 26.0 Å². The maximum atomic E-state index is 6.08. The van der Waals surface area contributed by atoms with Gasteiger partial charge in [0.15, 0.2) is 0 Å². The monoisotopic (exact) mass is 727 g/mol. The van der Waals surface area contributed by atoms with Gasteiger partial charge in [-0.15, -0.1) is 0 Å². The van der Waals surface area contributed by atoms with Crippen molar-refractivity contribution in [2.75, 3.05) is 0 Å². The molecule has 0 N–H and O–H groups in total. The first kappa shape index (κ1) is 34.6. The number of furan rings is 1. The average molecular weight is 728 g/mol. The summed E-state index contributed by atoms with van der Waals surface area (Å²) in [5, 5.41) is 2.29. The lowest BCUT2D eigenvalue weighted by atomic mass is 9.86. The molecule has 9 rings (SSSR count). The van der Waals surface area contributed by atoms with Crippen LogP contribution in [0, 0.1) is 6.92 Å². The summed E-state index contributed by atoms with van der Waals surface area (Å²) in [4.78, 5) is 6.78. The molecule has 0 saturated heterocycles. The number of rotatable bonds is 9. The lowest BCUT2D eigenvalue weighted by molar-refractivity contribution is 0.669. The van der Waals surface area contributed by atoms with E-state index in [2.05, 4.69) is 177 Å². The van der Waals surface area contributed by atoms with Gasteiger partial charge in [0.25, 0.3) is 0 Å². The Balaban J connectivity index is 0.978. The van der Waals surface area contributed by atoms with Crippen LogP contribution >= 0.6 is 11.8 Å². The van der Waals surface area contributed by atoms with E-state index in [1.165, 1.54) is 76.6 Å². The third kappa shape index (κ3) is 7.00. The smallest absolute Gasteiger partial charge is 0.135 e. The number of hydrogen-bond acceptors (Lipinski definition) is 3. The number of para-hydroxylation sites is 1. The molecular weight excluding hydrogens is 687 g/mol. The molecule has 0 spiro atoms. The minimum Gasteiger partial charge on any atom is -0.456 e. The van der Waals surface area contributed by atoms with E-state index in [4.69, 9.17) is 4.42 Å². The molecule has 0 aliphatic rings. The highest BCUT2D eigenvalue weighted by Crippen LogP contribution is 2.39. The van der Waals surface area contributed by atoms with Crippen LogP contribution in [0.5, 0.6) is 0 Å². The molecule has 2 aromatic heterocycles. The highest BCUT2D eigenvalue weighted by atomic mass is 32.2. The summed E-state index contributed by atoms with van der Waals surface area (Å²) in [6.07, 6.45) is 4.97. The van der Waals surface area contributed by atoms with Gasteiger partial charge in [-0.2, -0.15) is 0 Å². The Labute approximate surface area is 327 Å². The predicted molar refractivity (Wildman–Crippen MR) is 233 cm³/mol. The Bertz CT molecular complexity index is 2830. The molecule has 0 aliphatic heterocycles. The van der Waals surface area contributed by atoms with E-state index in [-0.39, 0.29) is 0 Å². The average Bonchev–Trinajstić information content (AvgIpc) is 3.62. The number of aromatic nitrogens is 1. The second kappa shape index (κ2) is 14.9. The molecule has 55 heavy (non-hydrogen) atoms. The predicted octanol–water partition coefficient (Wildman–Crippen LogP) is 15.3. The maximum absolute atomic E-state index is 6.08. The van der Waals surface area contributed by atoms with Crippen LogP contribution in [0.4, 0.5) is 0 Å². The van der Waals surface area contributed by atoms with Gasteiger partial charge in [0.05, 0.1) is 0 Å². The molecule has 0 fully saturated rings. The summed E-state index contributed by atoms with van der Waals surface area (Å²) in [5.74, 6) is 0.471. The molecule has 9 aromatic rings. The molecule has 0 saturated carbocycles. The Morgan fingerprint density at radius 3 is 1.69 bits per heavy atom. The van der Waals surface area contributed by atoms with E-state index in [1.54, 1.807) is 11.8 Å². The molecule has 7 aromatic carbocycles. The van der Waals surface area contributed by atoms with E-state index >= 15 is 0 Å². The maximum Gasteiger partial charge on any atom is 0.135 e. The van der Waals surface area contributed by atoms with Crippen LogP contribution in [-0.4, -0.2) is 4.98 Å². The molecule has 3 heteroatoms. The molecular formula is C52H41NOS. The molecule has 0 bridgehead atoms. The van der Waals surface area contributed by atoms with E-state index in [0.717, 1.165) is 28.4 Å². The van der Waals surface area contributed by atoms with Crippen LogP contribution in [0.1, 0.15) is 37.3 Å². The Hall–Kier alpha value is -6.16. The van der Waals surface area contributed by atoms with Gasteiger partial charge in [-0.05, 0) is 153 Å². The van der Waals surface area contributed by atoms with Crippen molar-refractivity contribution in [2.24, 2.45) is 0 Å². The van der Waals surface area contributed by atoms with Crippen LogP contribution in [0.25, 0.3) is 77.6 Å². The van der Waals surface area contributed by atoms with Crippen LogP contribution in [0.3, 0.4) is 0 Å². The van der Waals surface area contributed by atoms with Crippen molar-refractivity contribution in [1.82, 2.24) is 4.98 Å². The Morgan fingerprint density at radius 1 is 0.509 bits per heavy atom. The molecule has 1 atom stereocenters. The SMILES string of the molecule is CCC(C)c1ccc(-c2cccc(-c3cccc(Sc4cccc(-c5cccc(-c6ccc7oc8ccccc8c7c6)c5)c4)c3)c2)cc1-c1ccncc1C. The lowest BCUT2D eigenvalue weighted by Crippen LogP contribution is -1.97. The third-order valence-corrected chi connectivity index (χ3v) is 11.8. The highest BCUT2D eigenvalue weighted by Gasteiger charge is 2.15. The number of fused-ring (bicyclic) bond motifs is 3. The van der Waals surface area contributed by atoms with Crippen molar-refractivity contribution in [3.8, 4) is 55.6 Å². The second-order valence-corrected chi connectivity index (χ2v) is 15.6. The van der Waals surface area contributed by atoms with Crippen molar-refractivity contribution in [2.45, 2.75) is 42.9 Å². The van der Waals surface area contributed by atoms with E-state index < -0.39 is 0 Å². The first-order chi connectivity index (χ1) is 27.0. The Morgan fingerprint density at radius 2 is 1.05 bits per heavy atom. The molecule has 1 unspecified atom stereocenters. The molecule has 2 heterocycles. The standard InChI is InChI=1S/C52H41NOS/c1-4-34(2)46-23-21-42(31-49(46)47-25-26-53-33-35(47)3)38-13-7-11-36(27-38)40-15-9-17-44(29-40)55-45-18-10-16-41(30-45)37-12-8-14-39(28-37)43-22-24-52-50(32-43)48-19-5-6-20-51(48)54-52/h5-34H,4H2,1-3H3. The van der Waals surface area contributed by atoms with Crippen molar-refractivity contribution >= 4 is 33.7 Å². The van der Waals surface area contributed by atoms with Gasteiger partial charge in [-0.25, -0.2) is 0 Å². The second-order valence-electron chi connectivity index (χ2n) is 14.4. The van der Waals surface area contributed by atoms with Crippen LogP contribution < -0.4 is 0 Å². The fourth-order valence-electron chi connectivity index (χ4n) is 7.67. The Kier molecular flexibility index (Phi) is 9.39. The molecule has 266 valence electrons. The molecule has 0 aliphatic carbocycles. The first-order valence-electron chi connectivity index (χ1n) is 19.1. The first-order valence-corrected chi connectivity index (χ1v) is 19.9. The fourth-order valence-corrected chi connectivity index (χ4v) is 8.61. The highest BCUT2D eigenvalue weighted by molar-refractivity contribution is 7.99. The quantitative estimate of drug-likeness (QED) is 0.148. The molecule has 0 radical (unpaired) electrons. The van der Waals surface area contributed by atoms with Gasteiger partial charge in [-0.1, -0.05) is 123 Å². The van der Waals surface area contributed by atoms with Gasteiger partial charge >= 0.3 is 0 Å². The van der Waals surface area contributed by atoms with Gasteiger partial charge in [-0.3, -0.25) is 4.98 Å². The van der Waals surface area contributed by atoms with Crippen LogP contribution in [-0.2, 0) is 0 Å². The summed E-state index contributed by atoms with van der Waals surface area (Å²) < 4.78 is 6.08. The van der Waals surface area contributed by atoms with Gasteiger partial charge < -0.3 is 4.42 Å². The lowest BCUT2D eigenvalue weighted by Gasteiger charge is -2.18. The largest absolute Gasteiger partial charge is 0.456 e. The zero-order chi connectivity index (χ0) is 37.3. The summed E-state index contributed by atoms with van der Waals surface area (Å²) in [5.41, 5.74) is 16.6. The summed E-state index contributed by atoms with van der Waals surface area (Å²) >= 11 is 1.80. The number of hydrogen-bond donors (Lipinski definition) is 0. The van der Waals surface area contributed by atoms with E-state index in [9.17, 15) is 0 Å². The van der Waals surface area contributed by atoms with Gasteiger partial charge in [0, 0.05) is 33.0 Å². The van der Waals surface area contributed by atoms with E-state index in [1.807, 2.05) is 24.5 Å². The molecule has 2 nitrogen and oxygen atoms in total. The van der Waals surface area contributed by atoms with Gasteiger partial charge in [0.2, 0.25) is 0 Å².